The second-order valence-corrected chi connectivity index (χ2v) is 6.65. The number of rotatable bonds is 6. The van der Waals surface area contributed by atoms with Crippen molar-refractivity contribution in [3.05, 3.63) is 23.8 Å². The van der Waals surface area contributed by atoms with Gasteiger partial charge in [0.05, 0.1) is 13.5 Å². The minimum atomic E-state index is -3.88. The third kappa shape index (κ3) is 3.74. The van der Waals surface area contributed by atoms with E-state index in [4.69, 9.17) is 9.88 Å². The van der Waals surface area contributed by atoms with E-state index in [2.05, 4.69) is 0 Å². The van der Waals surface area contributed by atoms with Crippen molar-refractivity contribution in [2.24, 2.45) is 5.14 Å². The summed E-state index contributed by atoms with van der Waals surface area (Å²) in [5.41, 5.74) is 0.615. The lowest BCUT2D eigenvalue weighted by Gasteiger charge is -2.20. The van der Waals surface area contributed by atoms with E-state index in [-0.39, 0.29) is 23.0 Å². The van der Waals surface area contributed by atoms with E-state index in [0.717, 1.165) is 12.8 Å². The molecular formula is C14H20N2O4S. The molecule has 1 aliphatic carbocycles. The molecule has 0 aromatic heterocycles. The molecule has 0 radical (unpaired) electrons. The van der Waals surface area contributed by atoms with Crippen molar-refractivity contribution in [2.75, 3.05) is 13.7 Å². The van der Waals surface area contributed by atoms with Crippen LogP contribution in [0.4, 0.5) is 0 Å². The molecule has 2 N–H and O–H groups in total. The molecule has 0 heterocycles. The summed E-state index contributed by atoms with van der Waals surface area (Å²) >= 11 is 0. The minimum Gasteiger partial charge on any atom is -0.495 e. The van der Waals surface area contributed by atoms with Crippen molar-refractivity contribution >= 4 is 15.9 Å². The predicted octanol–water partition coefficient (Wildman–Crippen LogP) is 0.896. The molecule has 1 aromatic rings. The number of hydrogen-bond acceptors (Lipinski definition) is 4. The van der Waals surface area contributed by atoms with Crippen LogP contribution in [0.15, 0.2) is 23.1 Å². The summed E-state index contributed by atoms with van der Waals surface area (Å²) in [6, 6.07) is 4.97. The van der Waals surface area contributed by atoms with Crippen LogP contribution < -0.4 is 9.88 Å². The van der Waals surface area contributed by atoms with Gasteiger partial charge in [0.15, 0.2) is 0 Å². The Morgan fingerprint density at radius 2 is 2.10 bits per heavy atom. The Labute approximate surface area is 124 Å². The number of benzene rings is 1. The van der Waals surface area contributed by atoms with Crippen LogP contribution in [-0.4, -0.2) is 38.9 Å². The molecule has 0 saturated heterocycles. The Morgan fingerprint density at radius 1 is 1.43 bits per heavy atom. The maximum absolute atomic E-state index is 12.3. The van der Waals surface area contributed by atoms with Crippen LogP contribution in [0.5, 0.6) is 5.75 Å². The summed E-state index contributed by atoms with van der Waals surface area (Å²) in [6.07, 6.45) is 2.26. The van der Waals surface area contributed by atoms with Gasteiger partial charge in [0.2, 0.25) is 15.9 Å². The molecule has 2 rings (SSSR count). The zero-order valence-electron chi connectivity index (χ0n) is 12.2. The van der Waals surface area contributed by atoms with Gasteiger partial charge < -0.3 is 9.64 Å². The van der Waals surface area contributed by atoms with E-state index in [0.29, 0.717) is 18.2 Å². The number of amides is 1. The molecule has 0 unspecified atom stereocenters. The van der Waals surface area contributed by atoms with Crippen LogP contribution in [0.1, 0.15) is 25.3 Å². The second-order valence-electron chi connectivity index (χ2n) is 5.12. The van der Waals surface area contributed by atoms with Gasteiger partial charge in [-0.25, -0.2) is 13.6 Å². The molecule has 1 amide bonds. The van der Waals surface area contributed by atoms with Crippen LogP contribution in [-0.2, 0) is 21.2 Å². The lowest BCUT2D eigenvalue weighted by molar-refractivity contribution is -0.130. The van der Waals surface area contributed by atoms with E-state index in [1.165, 1.54) is 19.2 Å². The quantitative estimate of drug-likeness (QED) is 0.845. The van der Waals surface area contributed by atoms with Crippen molar-refractivity contribution in [2.45, 2.75) is 37.1 Å². The number of carbonyl (C=O) groups excluding carboxylic acids is 1. The van der Waals surface area contributed by atoms with Crippen LogP contribution in [0.2, 0.25) is 0 Å². The monoisotopic (exact) mass is 312 g/mol. The number of nitrogens with two attached hydrogens (primary N) is 1. The largest absolute Gasteiger partial charge is 0.495 e. The standard InChI is InChI=1S/C14H20N2O4S/c1-3-16(11-5-6-11)14(17)9-10-4-7-12(20-2)13(8-10)21(15,18)19/h4,7-8,11H,3,5-6,9H2,1-2H3,(H2,15,18,19). The highest BCUT2D eigenvalue weighted by Gasteiger charge is 2.31. The average molecular weight is 312 g/mol. The van der Waals surface area contributed by atoms with E-state index in [9.17, 15) is 13.2 Å². The van der Waals surface area contributed by atoms with Gasteiger partial charge in [-0.3, -0.25) is 4.79 Å². The maximum Gasteiger partial charge on any atom is 0.241 e. The molecule has 1 saturated carbocycles. The Morgan fingerprint density at radius 3 is 2.57 bits per heavy atom. The zero-order valence-corrected chi connectivity index (χ0v) is 13.0. The molecule has 1 aliphatic rings. The van der Waals surface area contributed by atoms with Crippen molar-refractivity contribution in [1.29, 1.82) is 0 Å². The molecule has 6 nitrogen and oxygen atoms in total. The fourth-order valence-electron chi connectivity index (χ4n) is 2.35. The van der Waals surface area contributed by atoms with E-state index >= 15 is 0 Å². The van der Waals surface area contributed by atoms with Gasteiger partial charge in [-0.1, -0.05) is 6.07 Å². The predicted molar refractivity (Wildman–Crippen MR) is 78.5 cm³/mol. The van der Waals surface area contributed by atoms with Crippen molar-refractivity contribution < 1.29 is 17.9 Å². The first kappa shape index (κ1) is 15.8. The van der Waals surface area contributed by atoms with Gasteiger partial charge in [0.1, 0.15) is 10.6 Å². The van der Waals surface area contributed by atoms with Crippen LogP contribution in [0, 0.1) is 0 Å². The second kappa shape index (κ2) is 6.03. The normalized spacial score (nSPS) is 14.8. The highest BCUT2D eigenvalue weighted by molar-refractivity contribution is 7.89. The number of methoxy groups -OCH3 is 1. The number of primary sulfonamides is 1. The van der Waals surface area contributed by atoms with Crippen LogP contribution in [0.3, 0.4) is 0 Å². The molecule has 116 valence electrons. The number of likely N-dealkylation sites (N-methyl/N-ethyl adjacent to an activating group) is 1. The molecule has 7 heteroatoms. The van der Waals surface area contributed by atoms with Gasteiger partial charge in [-0.05, 0) is 37.5 Å². The lowest BCUT2D eigenvalue weighted by atomic mass is 10.1. The molecular weight excluding hydrogens is 292 g/mol. The Bertz CT molecular complexity index is 638. The van der Waals surface area contributed by atoms with Gasteiger partial charge in [0.25, 0.3) is 0 Å². The van der Waals surface area contributed by atoms with Crippen molar-refractivity contribution in [1.82, 2.24) is 4.90 Å². The Kier molecular flexibility index (Phi) is 4.53. The highest BCUT2D eigenvalue weighted by Crippen LogP contribution is 2.28. The molecule has 0 atom stereocenters. The van der Waals surface area contributed by atoms with Gasteiger partial charge in [-0.15, -0.1) is 0 Å². The molecule has 1 fully saturated rings. The molecule has 21 heavy (non-hydrogen) atoms. The van der Waals surface area contributed by atoms with Gasteiger partial charge in [-0.2, -0.15) is 0 Å². The minimum absolute atomic E-state index is 0.00513. The summed E-state index contributed by atoms with van der Waals surface area (Å²) in [5, 5.41) is 5.17. The van der Waals surface area contributed by atoms with E-state index in [1.807, 2.05) is 11.8 Å². The van der Waals surface area contributed by atoms with Crippen molar-refractivity contribution in [3.8, 4) is 5.75 Å². The molecule has 0 spiro atoms. The molecule has 0 bridgehead atoms. The Balaban J connectivity index is 2.22. The summed E-state index contributed by atoms with van der Waals surface area (Å²) in [4.78, 5) is 14.0. The van der Waals surface area contributed by atoms with E-state index < -0.39 is 10.0 Å². The third-order valence-corrected chi connectivity index (χ3v) is 4.47. The summed E-state index contributed by atoms with van der Waals surface area (Å²) in [6.45, 7) is 2.61. The lowest BCUT2D eigenvalue weighted by Crippen LogP contribution is -2.34. The summed E-state index contributed by atoms with van der Waals surface area (Å²) in [5.74, 6) is 0.189. The number of ether oxygens (including phenoxy) is 1. The zero-order chi connectivity index (χ0) is 15.6. The Hall–Kier alpha value is -1.60. The maximum atomic E-state index is 12.3. The SMILES string of the molecule is CCN(C(=O)Cc1ccc(OC)c(S(N)(=O)=O)c1)C1CC1. The smallest absolute Gasteiger partial charge is 0.241 e. The van der Waals surface area contributed by atoms with E-state index in [1.54, 1.807) is 6.07 Å². The fraction of sp³-hybridized carbons (Fsp3) is 0.500. The van der Waals surface area contributed by atoms with Crippen molar-refractivity contribution in [3.63, 3.8) is 0 Å². The molecule has 1 aromatic carbocycles. The number of hydrogen-bond donors (Lipinski definition) is 1. The molecule has 0 aliphatic heterocycles. The first-order chi connectivity index (χ1) is 9.86. The first-order valence-corrected chi connectivity index (χ1v) is 8.40. The number of sulfonamides is 1. The number of carbonyl (C=O) groups is 1. The van der Waals surface area contributed by atoms with Crippen LogP contribution >= 0.6 is 0 Å². The third-order valence-electron chi connectivity index (χ3n) is 3.54. The summed E-state index contributed by atoms with van der Waals surface area (Å²) < 4.78 is 28.1. The highest BCUT2D eigenvalue weighted by atomic mass is 32.2. The average Bonchev–Trinajstić information content (AvgIpc) is 3.23. The first-order valence-electron chi connectivity index (χ1n) is 6.86. The van der Waals surface area contributed by atoms with Crippen LogP contribution in [0.25, 0.3) is 0 Å². The van der Waals surface area contributed by atoms with Gasteiger partial charge >= 0.3 is 0 Å². The van der Waals surface area contributed by atoms with Gasteiger partial charge in [0, 0.05) is 12.6 Å². The fourth-order valence-corrected chi connectivity index (χ4v) is 3.10. The topological polar surface area (TPSA) is 89.7 Å². The summed E-state index contributed by atoms with van der Waals surface area (Å²) in [7, 11) is -2.51. The number of nitrogens with zero attached hydrogens (tertiary/aromatic N) is 1.